The van der Waals surface area contributed by atoms with Crippen molar-refractivity contribution in [3.8, 4) is 0 Å². The first-order valence-electron chi connectivity index (χ1n) is 9.43. The number of hydrogen-bond donors (Lipinski definition) is 0. The van der Waals surface area contributed by atoms with Crippen LogP contribution in [-0.4, -0.2) is 26.5 Å². The van der Waals surface area contributed by atoms with Crippen molar-refractivity contribution in [2.75, 3.05) is 0 Å². The number of allylic oxidation sites excluding steroid dienone is 8. The summed E-state index contributed by atoms with van der Waals surface area (Å²) in [6.45, 7) is 25.0. The van der Waals surface area contributed by atoms with Crippen LogP contribution in [0.15, 0.2) is 43.0 Å². The molecule has 0 heterocycles. The van der Waals surface area contributed by atoms with Gasteiger partial charge in [0.15, 0.2) is 0 Å². The first-order valence-corrected chi connectivity index (χ1v) is 31.1. The Morgan fingerprint density at radius 2 is 0.958 bits per heavy atom. The van der Waals surface area contributed by atoms with Crippen molar-refractivity contribution in [3.63, 3.8) is 0 Å². The van der Waals surface area contributed by atoms with E-state index in [9.17, 15) is 0 Å². The zero-order valence-corrected chi connectivity index (χ0v) is 23.8. The van der Waals surface area contributed by atoms with E-state index in [1.807, 2.05) is 6.56 Å². The second-order valence-electron chi connectivity index (χ2n) is 10.5. The summed E-state index contributed by atoms with van der Waals surface area (Å²) in [4.78, 5) is 0. The predicted molar refractivity (Wildman–Crippen MR) is 119 cm³/mol. The summed E-state index contributed by atoms with van der Waals surface area (Å²) in [5.74, 6) is 0. The number of hydrogen-bond acceptors (Lipinski definition) is 0. The van der Waals surface area contributed by atoms with Gasteiger partial charge < -0.3 is 0 Å². The molecule has 0 spiro atoms. The van der Waals surface area contributed by atoms with E-state index in [4.69, 9.17) is 0 Å². The molecule has 2 rings (SSSR count). The van der Waals surface area contributed by atoms with Gasteiger partial charge >= 0.3 is 162 Å². The molecule has 0 unspecified atom stereocenters. The average molecular weight is 469 g/mol. The Morgan fingerprint density at radius 1 is 0.625 bits per heavy atom. The van der Waals surface area contributed by atoms with E-state index in [1.54, 1.807) is 0 Å². The van der Waals surface area contributed by atoms with Gasteiger partial charge in [0.1, 0.15) is 0 Å². The third kappa shape index (κ3) is 3.45. The molecule has 0 radical (unpaired) electrons. The van der Waals surface area contributed by atoms with E-state index in [2.05, 4.69) is 95.4 Å². The Kier molecular flexibility index (Phi) is 6.16. The Balaban J connectivity index is 2.79. The molecule has 0 aromatic heterocycles. The van der Waals surface area contributed by atoms with Crippen LogP contribution < -0.4 is 0 Å². The molecule has 5 heteroatoms. The molecule has 0 atom stereocenters. The fraction of sp³-hybridized carbons (Fsp3) is 0.579. The average Bonchev–Trinajstić information content (AvgIpc) is 3.04. The molecular weight excluding hydrogens is 432 g/mol. The van der Waals surface area contributed by atoms with Crippen LogP contribution in [0.1, 0.15) is 12.8 Å². The van der Waals surface area contributed by atoms with Gasteiger partial charge in [0.25, 0.3) is 0 Å². The van der Waals surface area contributed by atoms with Gasteiger partial charge in [0, 0.05) is 0 Å². The molecule has 0 bridgehead atoms. The van der Waals surface area contributed by atoms with E-state index in [0.717, 1.165) is 0 Å². The molecule has 0 fully saturated rings. The Hall–Kier alpha value is 0.711. The second kappa shape index (κ2) is 7.03. The van der Waals surface area contributed by atoms with Crippen LogP contribution in [0.2, 0.25) is 58.9 Å². The first kappa shape index (κ1) is 21.0. The summed E-state index contributed by atoms with van der Waals surface area (Å²) in [5.41, 5.74) is 0. The predicted octanol–water partition coefficient (Wildman–Crippen LogP) is 6.49. The van der Waals surface area contributed by atoms with Gasteiger partial charge in [0.05, 0.1) is 0 Å². The van der Waals surface area contributed by atoms with Crippen molar-refractivity contribution in [2.45, 2.75) is 71.8 Å². The van der Waals surface area contributed by atoms with Crippen molar-refractivity contribution in [2.24, 2.45) is 0 Å². The number of rotatable bonds is 6. The topological polar surface area (TPSA) is 0 Å². The van der Waals surface area contributed by atoms with Gasteiger partial charge in [-0.25, -0.2) is 0 Å². The summed E-state index contributed by atoms with van der Waals surface area (Å²) in [5, 5.41) is 0. The normalized spacial score (nSPS) is 18.9. The molecule has 0 aliphatic heterocycles. The van der Waals surface area contributed by atoms with E-state index in [-0.39, 0.29) is 0 Å². The van der Waals surface area contributed by atoms with Crippen molar-refractivity contribution in [1.29, 1.82) is 0 Å². The van der Waals surface area contributed by atoms with E-state index in [1.165, 1.54) is 12.8 Å². The molecule has 0 aromatic rings. The molecule has 2 aliphatic rings. The molecule has 0 N–H and O–H groups in total. The second-order valence-corrected chi connectivity index (χ2v) is 74.8. The van der Waals surface area contributed by atoms with Crippen molar-refractivity contribution in [3.05, 3.63) is 43.0 Å². The maximum absolute atomic E-state index is 2.78. The summed E-state index contributed by atoms with van der Waals surface area (Å²) < 4.78 is 2.67. The van der Waals surface area contributed by atoms with Crippen molar-refractivity contribution >= 4 is 26.5 Å². The van der Waals surface area contributed by atoms with E-state index < -0.39 is 47.4 Å². The molecule has 24 heavy (non-hydrogen) atoms. The fourth-order valence-electron chi connectivity index (χ4n) is 6.45. The minimum absolute atomic E-state index is 1.19. The van der Waals surface area contributed by atoms with Gasteiger partial charge in [-0.05, 0) is 0 Å². The van der Waals surface area contributed by atoms with E-state index >= 15 is 0 Å². The van der Waals surface area contributed by atoms with Crippen LogP contribution in [0.3, 0.4) is 0 Å². The third-order valence-electron chi connectivity index (χ3n) is 5.93. The zero-order chi connectivity index (χ0) is 18.4. The summed E-state index contributed by atoms with van der Waals surface area (Å²) in [7, 11) is -3.58. The molecule has 0 aromatic carbocycles. The zero-order valence-electron chi connectivity index (χ0n) is 17.4. The Bertz CT molecular complexity index is 541. The molecule has 133 valence electrons. The van der Waals surface area contributed by atoms with Gasteiger partial charge in [-0.2, -0.15) is 0 Å². The molecule has 2 aliphatic carbocycles. The van der Waals surface area contributed by atoms with E-state index in [0.29, 0.717) is 0 Å². The first-order chi connectivity index (χ1) is 10.8. The van der Waals surface area contributed by atoms with Crippen LogP contribution >= 0.6 is 0 Å². The van der Waals surface area contributed by atoms with Gasteiger partial charge in [-0.15, -0.1) is 0 Å². The fourth-order valence-corrected chi connectivity index (χ4v) is 184. The SMILES string of the molecule is C[Si](C)(C)[Si]([Zr]([C]1=CC=CC1)[C]1=CC=CC1)([Si](C)(C)C)[Si](C)(C)C. The van der Waals surface area contributed by atoms with Crippen molar-refractivity contribution < 1.29 is 20.9 Å². The van der Waals surface area contributed by atoms with Crippen LogP contribution in [0.5, 0.6) is 0 Å². The van der Waals surface area contributed by atoms with Gasteiger partial charge in [-0.3, -0.25) is 0 Å². The molecule has 0 saturated heterocycles. The maximum atomic E-state index is 2.78. The molecule has 0 nitrogen and oxygen atoms in total. The van der Waals surface area contributed by atoms with Gasteiger partial charge in [0.2, 0.25) is 0 Å². The van der Waals surface area contributed by atoms with Crippen molar-refractivity contribution in [1.82, 2.24) is 0 Å². The Morgan fingerprint density at radius 3 is 1.17 bits per heavy atom. The Labute approximate surface area is 161 Å². The molecule has 0 saturated carbocycles. The minimum atomic E-state index is -1.82. The quantitative estimate of drug-likeness (QED) is 0.391. The van der Waals surface area contributed by atoms with Crippen LogP contribution in [0.4, 0.5) is 0 Å². The standard InChI is InChI=1S/C9H27Si4.2C5H5.Zr/c1-11(2,3)10(12(4,5)6)13(7,8)9;2*1-2-4-5-3-1;/h1-9H3;2*1-3H,4H2;. The molecular formula is C19H37Si4Zr. The summed E-state index contributed by atoms with van der Waals surface area (Å²) in [6, 6.07) is 0. The van der Waals surface area contributed by atoms with Gasteiger partial charge in [-0.1, -0.05) is 0 Å². The molecule has 0 amide bonds. The monoisotopic (exact) mass is 467 g/mol. The third-order valence-corrected chi connectivity index (χ3v) is 152. The van der Waals surface area contributed by atoms with Crippen LogP contribution in [0, 0.1) is 0 Å². The summed E-state index contributed by atoms with van der Waals surface area (Å²) in [6.07, 6.45) is 17.4. The summed E-state index contributed by atoms with van der Waals surface area (Å²) >= 11 is -1.82. The van der Waals surface area contributed by atoms with Crippen LogP contribution in [0.25, 0.3) is 0 Å². The van der Waals surface area contributed by atoms with Crippen LogP contribution in [-0.2, 0) is 20.9 Å².